The van der Waals surface area contributed by atoms with Crippen LogP contribution in [0, 0.1) is 0 Å². The van der Waals surface area contributed by atoms with Gasteiger partial charge in [0, 0.05) is 12.0 Å². The molecule has 1 rings (SSSR count). The minimum Gasteiger partial charge on any atom is -0.504 e. The number of carbonyl (C=O) groups is 1. The number of ketones is 1. The third-order valence-electron chi connectivity index (χ3n) is 2.12. The maximum Gasteiger partial charge on any atom is 0.203 e. The number of aromatic hydroxyl groups is 1. The van der Waals surface area contributed by atoms with Crippen LogP contribution >= 0.6 is 0 Å². The van der Waals surface area contributed by atoms with E-state index in [1.165, 1.54) is 26.4 Å². The van der Waals surface area contributed by atoms with E-state index >= 15 is 0 Å². The molecule has 1 aromatic rings. The highest BCUT2D eigenvalue weighted by atomic mass is 16.5. The van der Waals surface area contributed by atoms with Gasteiger partial charge >= 0.3 is 0 Å². The molecule has 0 atom stereocenters. The Balaban J connectivity index is 3.15. The van der Waals surface area contributed by atoms with Gasteiger partial charge in [-0.15, -0.1) is 0 Å². The van der Waals surface area contributed by atoms with Gasteiger partial charge < -0.3 is 19.7 Å². The minimum absolute atomic E-state index is 0.00885. The number of phenols is 1. The Bertz CT molecular complexity index is 386. The normalized spacial score (nSPS) is 9.94. The van der Waals surface area contributed by atoms with Gasteiger partial charge in [-0.2, -0.15) is 0 Å². The van der Waals surface area contributed by atoms with Crippen molar-refractivity contribution in [3.8, 4) is 17.2 Å². The quantitative estimate of drug-likeness (QED) is 0.732. The molecule has 5 nitrogen and oxygen atoms in total. The van der Waals surface area contributed by atoms with Crippen LogP contribution in [0.25, 0.3) is 0 Å². The molecule has 0 saturated heterocycles. The zero-order valence-electron chi connectivity index (χ0n) is 9.19. The molecule has 1 aromatic carbocycles. The summed E-state index contributed by atoms with van der Waals surface area (Å²) in [5, 5.41) is 18.3. The Kier molecular flexibility index (Phi) is 4.13. The lowest BCUT2D eigenvalue weighted by molar-refractivity contribution is 0.0956. The van der Waals surface area contributed by atoms with E-state index < -0.39 is 0 Å². The summed E-state index contributed by atoms with van der Waals surface area (Å²) in [5.74, 6) is 0.0359. The standard InChI is InChI=1S/C11H14O5/c1-15-10-6-7(8(13)3-4-12)5-9(14)11(10)16-2/h5-6,12,14H,3-4H2,1-2H3. The third-order valence-corrected chi connectivity index (χ3v) is 2.12. The summed E-state index contributed by atoms with van der Waals surface area (Å²) in [4.78, 5) is 11.5. The molecule has 5 heteroatoms. The second-order valence-electron chi connectivity index (χ2n) is 3.13. The van der Waals surface area contributed by atoms with Gasteiger partial charge in [0.15, 0.2) is 17.3 Å². The van der Waals surface area contributed by atoms with Crippen LogP contribution in [0.5, 0.6) is 17.2 Å². The number of carbonyl (C=O) groups excluding carboxylic acids is 1. The fraction of sp³-hybridized carbons (Fsp3) is 0.364. The van der Waals surface area contributed by atoms with Crippen molar-refractivity contribution in [3.63, 3.8) is 0 Å². The summed E-state index contributed by atoms with van der Waals surface area (Å²) in [6, 6.07) is 2.76. The molecule has 0 heterocycles. The van der Waals surface area contributed by atoms with Gasteiger partial charge in [-0.3, -0.25) is 4.79 Å². The van der Waals surface area contributed by atoms with Crippen LogP contribution in [-0.4, -0.2) is 36.8 Å². The molecular weight excluding hydrogens is 212 g/mol. The van der Waals surface area contributed by atoms with Gasteiger partial charge in [-0.1, -0.05) is 0 Å². The average Bonchev–Trinajstić information content (AvgIpc) is 2.28. The first-order valence-electron chi connectivity index (χ1n) is 4.73. The molecule has 2 N–H and O–H groups in total. The molecule has 0 fully saturated rings. The Morgan fingerprint density at radius 3 is 2.50 bits per heavy atom. The zero-order valence-corrected chi connectivity index (χ0v) is 9.19. The van der Waals surface area contributed by atoms with Crippen molar-refractivity contribution >= 4 is 5.78 Å². The summed E-state index contributed by atoms with van der Waals surface area (Å²) in [5.41, 5.74) is 0.282. The van der Waals surface area contributed by atoms with Gasteiger partial charge in [0.05, 0.1) is 20.8 Å². The molecule has 0 radical (unpaired) electrons. The number of benzene rings is 1. The number of hydrogen-bond acceptors (Lipinski definition) is 5. The lowest BCUT2D eigenvalue weighted by atomic mass is 10.1. The van der Waals surface area contributed by atoms with E-state index in [9.17, 15) is 9.90 Å². The number of phenolic OH excluding ortho intramolecular Hbond substituents is 1. The van der Waals surface area contributed by atoms with Gasteiger partial charge in [0.25, 0.3) is 0 Å². The molecule has 0 amide bonds. The molecule has 0 saturated carbocycles. The maximum absolute atomic E-state index is 11.5. The van der Waals surface area contributed by atoms with Crippen molar-refractivity contribution in [1.29, 1.82) is 0 Å². The fourth-order valence-corrected chi connectivity index (χ4v) is 1.35. The number of rotatable bonds is 5. The van der Waals surface area contributed by atoms with Crippen LogP contribution in [0.2, 0.25) is 0 Å². The molecule has 16 heavy (non-hydrogen) atoms. The highest BCUT2D eigenvalue weighted by Crippen LogP contribution is 2.37. The van der Waals surface area contributed by atoms with E-state index in [0.29, 0.717) is 0 Å². The predicted molar refractivity (Wildman–Crippen MR) is 57.2 cm³/mol. The molecular formula is C11H14O5. The van der Waals surface area contributed by atoms with Crippen LogP contribution in [0.3, 0.4) is 0 Å². The second-order valence-corrected chi connectivity index (χ2v) is 3.13. The van der Waals surface area contributed by atoms with E-state index in [1.807, 2.05) is 0 Å². The van der Waals surface area contributed by atoms with E-state index in [1.54, 1.807) is 0 Å². The Morgan fingerprint density at radius 2 is 2.00 bits per heavy atom. The molecule has 0 bridgehead atoms. The van der Waals surface area contributed by atoms with Crippen LogP contribution in [0.1, 0.15) is 16.8 Å². The van der Waals surface area contributed by atoms with Crippen LogP contribution < -0.4 is 9.47 Å². The molecule has 0 unspecified atom stereocenters. The van der Waals surface area contributed by atoms with Gasteiger partial charge in [-0.05, 0) is 12.1 Å². The molecule has 88 valence electrons. The van der Waals surface area contributed by atoms with Crippen LogP contribution in [-0.2, 0) is 0 Å². The van der Waals surface area contributed by atoms with Crippen molar-refractivity contribution in [3.05, 3.63) is 17.7 Å². The summed E-state index contributed by atoms with van der Waals surface area (Å²) < 4.78 is 9.91. The summed E-state index contributed by atoms with van der Waals surface area (Å²) >= 11 is 0. The smallest absolute Gasteiger partial charge is 0.203 e. The Morgan fingerprint density at radius 1 is 1.31 bits per heavy atom. The summed E-state index contributed by atoms with van der Waals surface area (Å²) in [7, 11) is 2.81. The summed E-state index contributed by atoms with van der Waals surface area (Å²) in [6.07, 6.45) is 0.00885. The summed E-state index contributed by atoms with van der Waals surface area (Å²) in [6.45, 7) is -0.228. The lowest BCUT2D eigenvalue weighted by Crippen LogP contribution is -2.03. The average molecular weight is 226 g/mol. The second kappa shape index (κ2) is 5.37. The topological polar surface area (TPSA) is 76.0 Å². The number of aliphatic hydroxyl groups is 1. The maximum atomic E-state index is 11.5. The Hall–Kier alpha value is -1.75. The number of ether oxygens (including phenoxy) is 2. The highest BCUT2D eigenvalue weighted by molar-refractivity contribution is 5.97. The van der Waals surface area contributed by atoms with Crippen molar-refractivity contribution in [1.82, 2.24) is 0 Å². The van der Waals surface area contributed by atoms with Crippen molar-refractivity contribution in [2.75, 3.05) is 20.8 Å². The van der Waals surface area contributed by atoms with Crippen molar-refractivity contribution < 1.29 is 24.5 Å². The largest absolute Gasteiger partial charge is 0.504 e. The molecule has 0 spiro atoms. The van der Waals surface area contributed by atoms with E-state index in [4.69, 9.17) is 14.6 Å². The lowest BCUT2D eigenvalue weighted by Gasteiger charge is -2.10. The highest BCUT2D eigenvalue weighted by Gasteiger charge is 2.15. The van der Waals surface area contributed by atoms with Crippen LogP contribution in [0.4, 0.5) is 0 Å². The zero-order chi connectivity index (χ0) is 12.1. The third kappa shape index (κ3) is 2.43. The first-order valence-corrected chi connectivity index (χ1v) is 4.73. The van der Waals surface area contributed by atoms with E-state index in [-0.39, 0.29) is 41.6 Å². The number of Topliss-reactive ketones (excluding diaryl/α,β-unsaturated/α-hetero) is 1. The number of hydrogen-bond donors (Lipinski definition) is 2. The SMILES string of the molecule is COc1cc(C(=O)CCO)cc(O)c1OC. The monoisotopic (exact) mass is 226 g/mol. The predicted octanol–water partition coefficient (Wildman–Crippen LogP) is 0.974. The van der Waals surface area contributed by atoms with Crippen molar-refractivity contribution in [2.45, 2.75) is 6.42 Å². The number of aliphatic hydroxyl groups excluding tert-OH is 1. The van der Waals surface area contributed by atoms with Crippen LogP contribution in [0.15, 0.2) is 12.1 Å². The van der Waals surface area contributed by atoms with Gasteiger partial charge in [0.1, 0.15) is 0 Å². The molecule has 0 aliphatic rings. The first-order chi connectivity index (χ1) is 7.63. The molecule has 0 aromatic heterocycles. The molecule has 0 aliphatic carbocycles. The molecule has 0 aliphatic heterocycles. The van der Waals surface area contributed by atoms with Gasteiger partial charge in [0.2, 0.25) is 5.75 Å². The fourth-order valence-electron chi connectivity index (χ4n) is 1.35. The minimum atomic E-state index is -0.265. The van der Waals surface area contributed by atoms with E-state index in [2.05, 4.69) is 0 Å². The Labute approximate surface area is 93.2 Å². The number of methoxy groups -OCH3 is 2. The van der Waals surface area contributed by atoms with E-state index in [0.717, 1.165) is 0 Å². The van der Waals surface area contributed by atoms with Gasteiger partial charge in [-0.25, -0.2) is 0 Å². The van der Waals surface area contributed by atoms with Crippen molar-refractivity contribution in [2.24, 2.45) is 0 Å². The first kappa shape index (κ1) is 12.3.